The second-order valence-electron chi connectivity index (χ2n) is 6.45. The van der Waals surface area contributed by atoms with Gasteiger partial charge in [-0.15, -0.1) is 0 Å². The average Bonchev–Trinajstić information content (AvgIpc) is 2.48. The monoisotopic (exact) mass is 332 g/mol. The third-order valence-electron chi connectivity index (χ3n) is 4.75. The van der Waals surface area contributed by atoms with E-state index < -0.39 is 10.2 Å². The van der Waals surface area contributed by atoms with Crippen LogP contribution in [0, 0.1) is 0 Å². The molecular weight excluding hydrogens is 304 g/mol. The first-order chi connectivity index (χ1) is 10.4. The van der Waals surface area contributed by atoms with Crippen molar-refractivity contribution in [1.82, 2.24) is 13.9 Å². The number of rotatable bonds is 6. The molecule has 2 rings (SSSR count). The van der Waals surface area contributed by atoms with Crippen LogP contribution in [0.4, 0.5) is 0 Å². The van der Waals surface area contributed by atoms with E-state index in [1.165, 1.54) is 10.7 Å². The van der Waals surface area contributed by atoms with E-state index in [9.17, 15) is 13.2 Å². The Bertz CT molecular complexity index is 468. The number of carbonyl (C=O) groups excluding carboxylic acids is 1. The molecule has 22 heavy (non-hydrogen) atoms. The second kappa shape index (κ2) is 7.72. The molecule has 7 nitrogen and oxygen atoms in total. The van der Waals surface area contributed by atoms with Crippen molar-refractivity contribution in [2.24, 2.45) is 5.73 Å². The zero-order valence-corrected chi connectivity index (χ0v) is 14.1. The molecule has 0 radical (unpaired) electrons. The van der Waals surface area contributed by atoms with E-state index >= 15 is 0 Å². The molecule has 2 fully saturated rings. The fourth-order valence-corrected chi connectivity index (χ4v) is 4.79. The van der Waals surface area contributed by atoms with E-state index in [0.29, 0.717) is 25.9 Å². The summed E-state index contributed by atoms with van der Waals surface area (Å²) in [7, 11) is -1.75. The summed E-state index contributed by atoms with van der Waals surface area (Å²) in [5, 5.41) is 0. The highest BCUT2D eigenvalue weighted by Crippen LogP contribution is 2.23. The van der Waals surface area contributed by atoms with E-state index in [2.05, 4.69) is 4.72 Å². The van der Waals surface area contributed by atoms with Gasteiger partial charge >= 0.3 is 0 Å². The molecular formula is C14H28N4O3S. The molecule has 1 saturated carbocycles. The van der Waals surface area contributed by atoms with Crippen molar-refractivity contribution in [1.29, 1.82) is 0 Å². The molecule has 0 spiro atoms. The van der Waals surface area contributed by atoms with Crippen LogP contribution in [0.25, 0.3) is 0 Å². The van der Waals surface area contributed by atoms with Gasteiger partial charge in [-0.3, -0.25) is 9.69 Å². The number of primary amides is 1. The van der Waals surface area contributed by atoms with Crippen LogP contribution in [0.3, 0.4) is 0 Å². The van der Waals surface area contributed by atoms with Crippen LogP contribution in [0.1, 0.15) is 44.9 Å². The lowest BCUT2D eigenvalue weighted by molar-refractivity contribution is -0.119. The van der Waals surface area contributed by atoms with Gasteiger partial charge in [-0.25, -0.2) is 0 Å². The SMILES string of the molecule is CN(C1CCCCC1)S(=O)(=O)NC1CCN(CC(N)=O)CC1. The highest BCUT2D eigenvalue weighted by Gasteiger charge is 2.30. The summed E-state index contributed by atoms with van der Waals surface area (Å²) in [6.07, 6.45) is 6.75. The van der Waals surface area contributed by atoms with E-state index in [4.69, 9.17) is 5.73 Å². The molecule has 0 aromatic carbocycles. The average molecular weight is 332 g/mol. The Morgan fingerprint density at radius 2 is 1.77 bits per heavy atom. The summed E-state index contributed by atoms with van der Waals surface area (Å²) in [4.78, 5) is 12.9. The molecule has 1 heterocycles. The number of nitrogens with two attached hydrogens (primary N) is 1. The number of amides is 1. The molecule has 128 valence electrons. The minimum atomic E-state index is -3.43. The van der Waals surface area contributed by atoms with Crippen molar-refractivity contribution in [2.75, 3.05) is 26.7 Å². The summed E-state index contributed by atoms with van der Waals surface area (Å²) >= 11 is 0. The molecule has 0 atom stereocenters. The Hall–Kier alpha value is -0.700. The Kier molecular flexibility index (Phi) is 6.19. The molecule has 3 N–H and O–H groups in total. The van der Waals surface area contributed by atoms with Crippen molar-refractivity contribution in [2.45, 2.75) is 57.0 Å². The largest absolute Gasteiger partial charge is 0.369 e. The van der Waals surface area contributed by atoms with Gasteiger partial charge < -0.3 is 5.73 Å². The van der Waals surface area contributed by atoms with Gasteiger partial charge in [0.05, 0.1) is 6.54 Å². The lowest BCUT2D eigenvalue weighted by atomic mass is 9.96. The molecule has 1 aliphatic carbocycles. The van der Waals surface area contributed by atoms with Crippen molar-refractivity contribution >= 4 is 16.1 Å². The fraction of sp³-hybridized carbons (Fsp3) is 0.929. The van der Waals surface area contributed by atoms with Crippen LogP contribution in [0.15, 0.2) is 0 Å². The van der Waals surface area contributed by atoms with Gasteiger partial charge in [-0.2, -0.15) is 17.4 Å². The van der Waals surface area contributed by atoms with Gasteiger partial charge in [0, 0.05) is 32.2 Å². The van der Waals surface area contributed by atoms with Crippen molar-refractivity contribution in [3.63, 3.8) is 0 Å². The van der Waals surface area contributed by atoms with Crippen molar-refractivity contribution in [3.8, 4) is 0 Å². The van der Waals surface area contributed by atoms with Crippen LogP contribution >= 0.6 is 0 Å². The van der Waals surface area contributed by atoms with Crippen LogP contribution in [-0.4, -0.2) is 62.3 Å². The lowest BCUT2D eigenvalue weighted by Crippen LogP contribution is -2.51. The maximum atomic E-state index is 12.5. The number of nitrogens with zero attached hydrogens (tertiary/aromatic N) is 2. The Labute approximate surface area is 133 Å². The van der Waals surface area contributed by atoms with Gasteiger partial charge in [-0.05, 0) is 25.7 Å². The fourth-order valence-electron chi connectivity index (χ4n) is 3.36. The third kappa shape index (κ3) is 4.91. The molecule has 1 amide bonds. The topological polar surface area (TPSA) is 95.7 Å². The summed E-state index contributed by atoms with van der Waals surface area (Å²) < 4.78 is 29.3. The third-order valence-corrected chi connectivity index (χ3v) is 6.44. The first-order valence-corrected chi connectivity index (χ1v) is 9.58. The van der Waals surface area contributed by atoms with E-state index in [0.717, 1.165) is 25.7 Å². The zero-order valence-electron chi connectivity index (χ0n) is 13.3. The number of piperidine rings is 1. The Balaban J connectivity index is 1.83. The van der Waals surface area contributed by atoms with Crippen molar-refractivity contribution in [3.05, 3.63) is 0 Å². The molecule has 2 aliphatic rings. The molecule has 0 aromatic rings. The summed E-state index contributed by atoms with van der Waals surface area (Å²) in [5.41, 5.74) is 5.18. The number of likely N-dealkylation sites (tertiary alicyclic amines) is 1. The minimum absolute atomic E-state index is 0.0554. The molecule has 0 bridgehead atoms. The molecule has 8 heteroatoms. The van der Waals surface area contributed by atoms with Crippen LogP contribution in [0.2, 0.25) is 0 Å². The van der Waals surface area contributed by atoms with Crippen LogP contribution in [-0.2, 0) is 15.0 Å². The van der Waals surface area contributed by atoms with Gasteiger partial charge in [0.1, 0.15) is 0 Å². The highest BCUT2D eigenvalue weighted by molar-refractivity contribution is 7.87. The van der Waals surface area contributed by atoms with Crippen LogP contribution in [0.5, 0.6) is 0 Å². The molecule has 0 aromatic heterocycles. The normalized spacial score (nSPS) is 23.0. The maximum absolute atomic E-state index is 12.5. The van der Waals surface area contributed by atoms with Crippen LogP contribution < -0.4 is 10.5 Å². The second-order valence-corrected chi connectivity index (χ2v) is 8.21. The number of hydrogen-bond acceptors (Lipinski definition) is 4. The highest BCUT2D eigenvalue weighted by atomic mass is 32.2. The summed E-state index contributed by atoms with van der Waals surface area (Å²) in [6.45, 7) is 1.65. The predicted molar refractivity (Wildman–Crippen MR) is 85.3 cm³/mol. The molecule has 1 saturated heterocycles. The van der Waals surface area contributed by atoms with E-state index in [-0.39, 0.29) is 24.5 Å². The van der Waals surface area contributed by atoms with E-state index in [1.54, 1.807) is 7.05 Å². The first kappa shape index (κ1) is 17.7. The van der Waals surface area contributed by atoms with Gasteiger partial charge in [-0.1, -0.05) is 19.3 Å². The summed E-state index contributed by atoms with van der Waals surface area (Å²) in [6, 6.07) is 0.0707. The first-order valence-electron chi connectivity index (χ1n) is 8.14. The van der Waals surface area contributed by atoms with E-state index in [1.807, 2.05) is 4.90 Å². The van der Waals surface area contributed by atoms with Crippen molar-refractivity contribution < 1.29 is 13.2 Å². The van der Waals surface area contributed by atoms with Gasteiger partial charge in [0.15, 0.2) is 0 Å². The molecule has 1 aliphatic heterocycles. The zero-order chi connectivity index (χ0) is 16.2. The summed E-state index contributed by atoms with van der Waals surface area (Å²) in [5.74, 6) is -0.337. The smallest absolute Gasteiger partial charge is 0.279 e. The number of carbonyl (C=O) groups is 1. The van der Waals surface area contributed by atoms with Gasteiger partial charge in [0.2, 0.25) is 5.91 Å². The standard InChI is InChI=1S/C14H28N4O3S/c1-17(13-5-3-2-4-6-13)22(20,21)16-12-7-9-18(10-8-12)11-14(15)19/h12-13,16H,2-11H2,1H3,(H2,15,19). The minimum Gasteiger partial charge on any atom is -0.369 e. The maximum Gasteiger partial charge on any atom is 0.279 e. The van der Waals surface area contributed by atoms with Gasteiger partial charge in [0.25, 0.3) is 10.2 Å². The lowest BCUT2D eigenvalue weighted by Gasteiger charge is -2.34. The molecule has 0 unspecified atom stereocenters. The predicted octanol–water partition coefficient (Wildman–Crippen LogP) is 0.0350. The Morgan fingerprint density at radius 1 is 1.18 bits per heavy atom. The Morgan fingerprint density at radius 3 is 2.32 bits per heavy atom. The quantitative estimate of drug-likeness (QED) is 0.717. The number of nitrogens with one attached hydrogen (secondary N) is 1. The number of hydrogen-bond donors (Lipinski definition) is 2.